The van der Waals surface area contributed by atoms with Gasteiger partial charge in [-0.05, 0) is 30.7 Å². The highest BCUT2D eigenvalue weighted by molar-refractivity contribution is 5.53. The van der Waals surface area contributed by atoms with Gasteiger partial charge in [0.15, 0.2) is 0 Å². The Labute approximate surface area is 114 Å². The Kier molecular flexibility index (Phi) is 7.25. The Balaban J connectivity index is 2.31. The van der Waals surface area contributed by atoms with Crippen molar-refractivity contribution >= 4 is 5.69 Å². The molecule has 0 bridgehead atoms. The monoisotopic (exact) mass is 269 g/mol. The van der Waals surface area contributed by atoms with Crippen LogP contribution in [0.5, 0.6) is 5.75 Å². The van der Waals surface area contributed by atoms with E-state index >= 15 is 0 Å². The number of hydrogen-bond donors (Lipinski definition) is 2. The molecule has 0 aromatic heterocycles. The van der Waals surface area contributed by atoms with Crippen molar-refractivity contribution in [1.82, 2.24) is 0 Å². The number of anilines is 1. The Hall–Kier alpha value is -1.30. The zero-order valence-electron chi connectivity index (χ0n) is 11.8. The molecule has 2 N–H and O–H groups in total. The van der Waals surface area contributed by atoms with Crippen LogP contribution in [0.15, 0.2) is 18.2 Å². The third-order valence-electron chi connectivity index (χ3n) is 2.70. The number of nitrogens with one attached hydrogen (secondary N) is 1. The van der Waals surface area contributed by atoms with E-state index in [0.29, 0.717) is 26.4 Å². The lowest BCUT2D eigenvalue weighted by Gasteiger charge is -2.15. The third kappa shape index (κ3) is 5.92. The van der Waals surface area contributed by atoms with Crippen molar-refractivity contribution in [2.45, 2.75) is 13.0 Å². The van der Waals surface area contributed by atoms with Crippen molar-refractivity contribution in [2.24, 2.45) is 0 Å². The molecule has 0 saturated carbocycles. The molecule has 5 heteroatoms. The van der Waals surface area contributed by atoms with Crippen LogP contribution >= 0.6 is 0 Å². The Morgan fingerprint density at radius 2 is 2.05 bits per heavy atom. The van der Waals surface area contributed by atoms with Gasteiger partial charge < -0.3 is 24.6 Å². The van der Waals surface area contributed by atoms with Crippen LogP contribution in [-0.2, 0) is 9.47 Å². The summed E-state index contributed by atoms with van der Waals surface area (Å²) in [5.74, 6) is 0.825. The van der Waals surface area contributed by atoms with Gasteiger partial charge in [0.25, 0.3) is 0 Å². The third-order valence-corrected chi connectivity index (χ3v) is 2.70. The molecule has 1 aromatic carbocycles. The topological polar surface area (TPSA) is 60.0 Å². The van der Waals surface area contributed by atoms with E-state index in [-0.39, 0.29) is 0 Å². The van der Waals surface area contributed by atoms with Gasteiger partial charge >= 0.3 is 0 Å². The van der Waals surface area contributed by atoms with Gasteiger partial charge in [-0.2, -0.15) is 0 Å². The van der Waals surface area contributed by atoms with E-state index < -0.39 is 6.10 Å². The predicted molar refractivity (Wildman–Crippen MR) is 74.9 cm³/mol. The first kappa shape index (κ1) is 15.8. The standard InChI is InChI=1S/C14H23NO4/c1-11-8-13(18-3)4-5-14(11)15-9-12(16)10-19-7-6-17-2/h4-5,8,12,15-16H,6-7,9-10H2,1-3H3. The van der Waals surface area contributed by atoms with E-state index in [2.05, 4.69) is 5.32 Å². The van der Waals surface area contributed by atoms with Crippen molar-refractivity contribution in [3.05, 3.63) is 23.8 Å². The van der Waals surface area contributed by atoms with Crippen LogP contribution in [0.25, 0.3) is 0 Å². The maximum atomic E-state index is 9.75. The van der Waals surface area contributed by atoms with Crippen LogP contribution in [-0.4, -0.2) is 51.8 Å². The smallest absolute Gasteiger partial charge is 0.119 e. The molecule has 0 aliphatic heterocycles. The summed E-state index contributed by atoms with van der Waals surface area (Å²) in [6.45, 7) is 3.77. The van der Waals surface area contributed by atoms with Crippen LogP contribution in [0, 0.1) is 6.92 Å². The van der Waals surface area contributed by atoms with Gasteiger partial charge in [0.2, 0.25) is 0 Å². The highest BCUT2D eigenvalue weighted by atomic mass is 16.5. The van der Waals surface area contributed by atoms with Crippen molar-refractivity contribution in [1.29, 1.82) is 0 Å². The molecule has 0 heterocycles. The van der Waals surface area contributed by atoms with Crippen LogP contribution < -0.4 is 10.1 Å². The van der Waals surface area contributed by atoms with E-state index in [1.807, 2.05) is 25.1 Å². The number of benzene rings is 1. The first-order valence-electron chi connectivity index (χ1n) is 6.30. The number of rotatable bonds is 9. The average molecular weight is 269 g/mol. The van der Waals surface area contributed by atoms with Crippen LogP contribution in [0.3, 0.4) is 0 Å². The molecular weight excluding hydrogens is 246 g/mol. The first-order chi connectivity index (χ1) is 9.17. The molecule has 0 saturated heterocycles. The number of hydrogen-bond acceptors (Lipinski definition) is 5. The predicted octanol–water partition coefficient (Wildman–Crippen LogP) is 1.44. The quantitative estimate of drug-likeness (QED) is 0.664. The normalized spacial score (nSPS) is 12.2. The molecule has 1 atom stereocenters. The SMILES string of the molecule is COCCOCC(O)CNc1ccc(OC)cc1C. The fraction of sp³-hybridized carbons (Fsp3) is 0.571. The van der Waals surface area contributed by atoms with E-state index in [9.17, 15) is 5.11 Å². The zero-order valence-corrected chi connectivity index (χ0v) is 11.8. The minimum Gasteiger partial charge on any atom is -0.497 e. The minimum atomic E-state index is -0.543. The van der Waals surface area contributed by atoms with Gasteiger partial charge in [0, 0.05) is 19.3 Å². The molecule has 19 heavy (non-hydrogen) atoms. The maximum Gasteiger partial charge on any atom is 0.119 e. The van der Waals surface area contributed by atoms with E-state index in [0.717, 1.165) is 17.0 Å². The van der Waals surface area contributed by atoms with Gasteiger partial charge in [-0.1, -0.05) is 0 Å². The lowest BCUT2D eigenvalue weighted by atomic mass is 10.2. The molecular formula is C14H23NO4. The highest BCUT2D eigenvalue weighted by Crippen LogP contribution is 2.20. The molecule has 108 valence electrons. The van der Waals surface area contributed by atoms with E-state index in [4.69, 9.17) is 14.2 Å². The number of aliphatic hydroxyl groups excluding tert-OH is 1. The lowest BCUT2D eigenvalue weighted by Crippen LogP contribution is -2.25. The second kappa shape index (κ2) is 8.74. The van der Waals surface area contributed by atoms with Crippen LogP contribution in [0.4, 0.5) is 5.69 Å². The number of ether oxygens (including phenoxy) is 3. The molecule has 1 rings (SSSR count). The van der Waals surface area contributed by atoms with Crippen molar-refractivity contribution < 1.29 is 19.3 Å². The van der Waals surface area contributed by atoms with E-state index in [1.54, 1.807) is 14.2 Å². The molecule has 0 radical (unpaired) electrons. The molecule has 1 unspecified atom stereocenters. The summed E-state index contributed by atoms with van der Waals surface area (Å²) in [4.78, 5) is 0. The summed E-state index contributed by atoms with van der Waals surface area (Å²) >= 11 is 0. The fourth-order valence-electron chi connectivity index (χ4n) is 1.61. The number of methoxy groups -OCH3 is 2. The van der Waals surface area contributed by atoms with Gasteiger partial charge in [0.1, 0.15) is 5.75 Å². The molecule has 5 nitrogen and oxygen atoms in total. The van der Waals surface area contributed by atoms with Crippen LogP contribution in [0.2, 0.25) is 0 Å². The summed E-state index contributed by atoms with van der Waals surface area (Å²) < 4.78 is 15.3. The van der Waals surface area contributed by atoms with Crippen molar-refractivity contribution in [3.63, 3.8) is 0 Å². The Morgan fingerprint density at radius 1 is 1.26 bits per heavy atom. The molecule has 0 amide bonds. The minimum absolute atomic E-state index is 0.297. The summed E-state index contributed by atoms with van der Waals surface area (Å²) in [6, 6.07) is 5.77. The Bertz CT molecular complexity index is 370. The Morgan fingerprint density at radius 3 is 2.68 bits per heavy atom. The molecule has 1 aromatic rings. The molecule has 0 spiro atoms. The second-order valence-electron chi connectivity index (χ2n) is 4.28. The average Bonchev–Trinajstić information content (AvgIpc) is 2.42. The van der Waals surface area contributed by atoms with Crippen molar-refractivity contribution in [3.8, 4) is 5.75 Å². The molecule has 0 aliphatic carbocycles. The fourth-order valence-corrected chi connectivity index (χ4v) is 1.61. The highest BCUT2D eigenvalue weighted by Gasteiger charge is 2.06. The van der Waals surface area contributed by atoms with Crippen molar-refractivity contribution in [2.75, 3.05) is 45.9 Å². The summed E-state index contributed by atoms with van der Waals surface area (Å²) in [6.07, 6.45) is -0.543. The maximum absolute atomic E-state index is 9.75. The first-order valence-corrected chi connectivity index (χ1v) is 6.30. The number of aryl methyl sites for hydroxylation is 1. The second-order valence-corrected chi connectivity index (χ2v) is 4.28. The summed E-state index contributed by atoms with van der Waals surface area (Å²) in [5.41, 5.74) is 2.06. The largest absolute Gasteiger partial charge is 0.497 e. The molecule has 0 fully saturated rings. The van der Waals surface area contributed by atoms with Gasteiger partial charge in [-0.25, -0.2) is 0 Å². The van der Waals surface area contributed by atoms with E-state index in [1.165, 1.54) is 0 Å². The summed E-state index contributed by atoms with van der Waals surface area (Å²) in [7, 11) is 3.26. The number of aliphatic hydroxyl groups is 1. The van der Waals surface area contributed by atoms with Crippen LogP contribution in [0.1, 0.15) is 5.56 Å². The zero-order chi connectivity index (χ0) is 14.1. The van der Waals surface area contributed by atoms with Gasteiger partial charge in [0.05, 0.1) is 33.0 Å². The summed E-state index contributed by atoms with van der Waals surface area (Å²) in [5, 5.41) is 12.9. The lowest BCUT2D eigenvalue weighted by molar-refractivity contribution is 0.0182. The molecule has 0 aliphatic rings. The van der Waals surface area contributed by atoms with Gasteiger partial charge in [-0.15, -0.1) is 0 Å². The van der Waals surface area contributed by atoms with Gasteiger partial charge in [-0.3, -0.25) is 0 Å².